The van der Waals surface area contributed by atoms with Crippen LogP contribution in [0.5, 0.6) is 0 Å². The average Bonchev–Trinajstić information content (AvgIpc) is 2.93. The molecule has 5 nitrogen and oxygen atoms in total. The summed E-state index contributed by atoms with van der Waals surface area (Å²) >= 11 is 0. The average molecular weight is 283 g/mol. The molecule has 0 aliphatic heterocycles. The lowest BCUT2D eigenvalue weighted by Crippen LogP contribution is -2.08. The topological polar surface area (TPSA) is 64.0 Å². The van der Waals surface area contributed by atoms with Gasteiger partial charge in [0.05, 0.1) is 6.20 Å². The Hall–Kier alpha value is -2.69. The molecular weight excluding hydrogens is 266 g/mol. The van der Waals surface area contributed by atoms with Crippen molar-refractivity contribution in [1.29, 1.82) is 0 Å². The van der Waals surface area contributed by atoms with Crippen molar-refractivity contribution in [3.63, 3.8) is 0 Å². The number of rotatable bonds is 5. The van der Waals surface area contributed by atoms with E-state index < -0.39 is 0 Å². The maximum absolute atomic E-state index is 11.8. The Morgan fingerprint density at radius 3 is 2.86 bits per heavy atom. The molecule has 1 aromatic heterocycles. The fourth-order valence-corrected chi connectivity index (χ4v) is 1.81. The van der Waals surface area contributed by atoms with Crippen molar-refractivity contribution in [2.45, 2.75) is 20.4 Å². The van der Waals surface area contributed by atoms with Gasteiger partial charge in [-0.05, 0) is 32.1 Å². The molecule has 0 atom stereocenters. The van der Waals surface area contributed by atoms with E-state index in [0.717, 1.165) is 12.1 Å². The largest absolute Gasteiger partial charge is 0.322 e. The third-order valence-corrected chi connectivity index (χ3v) is 2.94. The summed E-state index contributed by atoms with van der Waals surface area (Å²) in [5, 5.41) is 6.85. The summed E-state index contributed by atoms with van der Waals surface area (Å²) in [7, 11) is 0. The minimum atomic E-state index is -0.250. The Morgan fingerprint density at radius 2 is 2.19 bits per heavy atom. The second kappa shape index (κ2) is 6.65. The number of carbonyl (C=O) groups is 2. The molecule has 2 aromatic rings. The first-order chi connectivity index (χ1) is 10.1. The van der Waals surface area contributed by atoms with E-state index in [1.165, 1.54) is 13.0 Å². The van der Waals surface area contributed by atoms with Crippen molar-refractivity contribution < 1.29 is 9.59 Å². The van der Waals surface area contributed by atoms with Gasteiger partial charge in [-0.15, -0.1) is 0 Å². The summed E-state index contributed by atoms with van der Waals surface area (Å²) in [5.74, 6) is -0.284. The Bertz CT molecular complexity index is 686. The first-order valence-corrected chi connectivity index (χ1v) is 6.71. The summed E-state index contributed by atoms with van der Waals surface area (Å²) in [4.78, 5) is 23.1. The molecule has 0 radical (unpaired) electrons. The SMILES string of the molecule is CCn1cc(/C=C\C(=O)Nc2cccc(C(C)=O)c2)cn1. The van der Waals surface area contributed by atoms with Gasteiger partial charge in [0.2, 0.25) is 5.91 Å². The molecule has 1 N–H and O–H groups in total. The van der Waals surface area contributed by atoms with Gasteiger partial charge in [0.25, 0.3) is 0 Å². The van der Waals surface area contributed by atoms with Gasteiger partial charge in [0.1, 0.15) is 0 Å². The van der Waals surface area contributed by atoms with Crippen LogP contribution in [0.4, 0.5) is 5.69 Å². The minimum absolute atomic E-state index is 0.0337. The predicted octanol–water partition coefficient (Wildman–Crippen LogP) is 2.76. The van der Waals surface area contributed by atoms with Crippen molar-refractivity contribution >= 4 is 23.5 Å². The number of ketones is 1. The number of hydrogen-bond acceptors (Lipinski definition) is 3. The molecule has 0 aliphatic rings. The van der Waals surface area contributed by atoms with Gasteiger partial charge in [-0.3, -0.25) is 14.3 Å². The molecule has 0 fully saturated rings. The van der Waals surface area contributed by atoms with Crippen molar-refractivity contribution in [3.8, 4) is 0 Å². The summed E-state index contributed by atoms with van der Waals surface area (Å²) in [5.41, 5.74) is 2.03. The first kappa shape index (κ1) is 14.7. The van der Waals surface area contributed by atoms with Crippen LogP contribution in [0.2, 0.25) is 0 Å². The van der Waals surface area contributed by atoms with Crippen molar-refractivity contribution in [3.05, 3.63) is 53.9 Å². The zero-order chi connectivity index (χ0) is 15.2. The van der Waals surface area contributed by atoms with Crippen LogP contribution in [0.25, 0.3) is 6.08 Å². The van der Waals surface area contributed by atoms with E-state index in [9.17, 15) is 9.59 Å². The van der Waals surface area contributed by atoms with E-state index in [-0.39, 0.29) is 11.7 Å². The number of benzene rings is 1. The monoisotopic (exact) mass is 283 g/mol. The Labute approximate surface area is 123 Å². The third kappa shape index (κ3) is 4.14. The number of amides is 1. The number of anilines is 1. The highest BCUT2D eigenvalue weighted by atomic mass is 16.1. The molecule has 0 spiro atoms. The quantitative estimate of drug-likeness (QED) is 0.678. The number of Topliss-reactive ketones (excluding diaryl/α,β-unsaturated/α-hetero) is 1. The maximum atomic E-state index is 11.8. The van der Waals surface area contributed by atoms with E-state index in [4.69, 9.17) is 0 Å². The summed E-state index contributed by atoms with van der Waals surface area (Å²) in [6.45, 7) is 4.28. The molecule has 0 bridgehead atoms. The number of aryl methyl sites for hydroxylation is 1. The maximum Gasteiger partial charge on any atom is 0.248 e. The van der Waals surface area contributed by atoms with Crippen LogP contribution in [0.15, 0.2) is 42.7 Å². The van der Waals surface area contributed by atoms with Crippen molar-refractivity contribution in [2.75, 3.05) is 5.32 Å². The lowest BCUT2D eigenvalue weighted by atomic mass is 10.1. The number of nitrogens with zero attached hydrogens (tertiary/aromatic N) is 2. The molecule has 5 heteroatoms. The normalized spacial score (nSPS) is 10.8. The Morgan fingerprint density at radius 1 is 1.38 bits per heavy atom. The predicted molar refractivity (Wildman–Crippen MR) is 82.0 cm³/mol. The van der Waals surface area contributed by atoms with Crippen LogP contribution in [0.3, 0.4) is 0 Å². The summed E-state index contributed by atoms with van der Waals surface area (Å²) in [6.07, 6.45) is 6.70. The first-order valence-electron chi connectivity index (χ1n) is 6.71. The van der Waals surface area contributed by atoms with Crippen LogP contribution in [-0.4, -0.2) is 21.5 Å². The molecule has 1 heterocycles. The molecule has 0 saturated carbocycles. The van der Waals surface area contributed by atoms with Crippen LogP contribution >= 0.6 is 0 Å². The third-order valence-electron chi connectivity index (χ3n) is 2.94. The highest BCUT2D eigenvalue weighted by Crippen LogP contribution is 2.11. The summed E-state index contributed by atoms with van der Waals surface area (Å²) in [6, 6.07) is 6.85. The molecule has 1 amide bonds. The zero-order valence-corrected chi connectivity index (χ0v) is 12.0. The fourth-order valence-electron chi connectivity index (χ4n) is 1.81. The van der Waals surface area contributed by atoms with Crippen LogP contribution in [0.1, 0.15) is 29.8 Å². The number of carbonyl (C=O) groups excluding carboxylic acids is 2. The molecule has 21 heavy (non-hydrogen) atoms. The van der Waals surface area contributed by atoms with Gasteiger partial charge in [0, 0.05) is 35.6 Å². The highest BCUT2D eigenvalue weighted by Gasteiger charge is 2.02. The van der Waals surface area contributed by atoms with Crippen LogP contribution in [-0.2, 0) is 11.3 Å². The van der Waals surface area contributed by atoms with Gasteiger partial charge in [-0.25, -0.2) is 0 Å². The lowest BCUT2D eigenvalue weighted by Gasteiger charge is -2.03. The smallest absolute Gasteiger partial charge is 0.248 e. The van der Waals surface area contributed by atoms with Crippen LogP contribution < -0.4 is 5.32 Å². The van der Waals surface area contributed by atoms with Crippen LogP contribution in [0, 0.1) is 0 Å². The zero-order valence-electron chi connectivity index (χ0n) is 12.0. The number of nitrogens with one attached hydrogen (secondary N) is 1. The summed E-state index contributed by atoms with van der Waals surface area (Å²) < 4.78 is 1.79. The van der Waals surface area contributed by atoms with E-state index in [2.05, 4.69) is 10.4 Å². The van der Waals surface area contributed by atoms with Gasteiger partial charge in [0.15, 0.2) is 5.78 Å². The van der Waals surface area contributed by atoms with Crippen molar-refractivity contribution in [1.82, 2.24) is 9.78 Å². The molecule has 0 aliphatic carbocycles. The molecule has 0 saturated heterocycles. The van der Waals surface area contributed by atoms with Gasteiger partial charge in [-0.1, -0.05) is 12.1 Å². The van der Waals surface area contributed by atoms with Gasteiger partial charge in [-0.2, -0.15) is 5.10 Å². The number of aromatic nitrogens is 2. The number of hydrogen-bond donors (Lipinski definition) is 1. The highest BCUT2D eigenvalue weighted by molar-refractivity contribution is 6.03. The van der Waals surface area contributed by atoms with Gasteiger partial charge < -0.3 is 5.32 Å². The second-order valence-electron chi connectivity index (χ2n) is 4.59. The molecule has 108 valence electrons. The van der Waals surface area contributed by atoms with Crippen molar-refractivity contribution in [2.24, 2.45) is 0 Å². The fraction of sp³-hybridized carbons (Fsp3) is 0.188. The van der Waals surface area contributed by atoms with E-state index >= 15 is 0 Å². The second-order valence-corrected chi connectivity index (χ2v) is 4.59. The molecule has 0 unspecified atom stereocenters. The molecular formula is C16H17N3O2. The Kier molecular flexibility index (Phi) is 4.66. The Balaban J connectivity index is 2.01. The van der Waals surface area contributed by atoms with E-state index in [1.807, 2.05) is 13.1 Å². The van der Waals surface area contributed by atoms with E-state index in [0.29, 0.717) is 11.3 Å². The standard InChI is InChI=1S/C16H17N3O2/c1-3-19-11-13(10-17-19)7-8-16(21)18-15-6-4-5-14(9-15)12(2)20/h4-11H,3H2,1-2H3,(H,18,21)/b8-7-. The lowest BCUT2D eigenvalue weighted by molar-refractivity contribution is -0.111. The minimum Gasteiger partial charge on any atom is -0.322 e. The molecule has 2 rings (SSSR count). The van der Waals surface area contributed by atoms with E-state index in [1.54, 1.807) is 41.2 Å². The van der Waals surface area contributed by atoms with Gasteiger partial charge >= 0.3 is 0 Å². The molecule has 1 aromatic carbocycles.